The van der Waals surface area contributed by atoms with Gasteiger partial charge in [0.1, 0.15) is 0 Å². The molecule has 3 aromatic carbocycles. The van der Waals surface area contributed by atoms with Gasteiger partial charge < -0.3 is 34.0 Å². The average molecular weight is 923 g/mol. The summed E-state index contributed by atoms with van der Waals surface area (Å²) in [5.41, 5.74) is 9.61. The number of carboxylic acid groups (broad SMARTS) is 1. The largest absolute Gasteiger partial charge is 0.481 e. The van der Waals surface area contributed by atoms with E-state index < -0.39 is 32.0 Å². The van der Waals surface area contributed by atoms with Crippen molar-refractivity contribution in [2.24, 2.45) is 0 Å². The minimum atomic E-state index is -3.37. The van der Waals surface area contributed by atoms with Gasteiger partial charge in [0, 0.05) is 43.5 Å². The first kappa shape index (κ1) is 49.7. The number of carbonyl (C=O) groups is 6. The zero-order valence-corrected chi connectivity index (χ0v) is 37.2. The summed E-state index contributed by atoms with van der Waals surface area (Å²) >= 11 is 0. The summed E-state index contributed by atoms with van der Waals surface area (Å²) in [5.74, 6) is -2.10. The van der Waals surface area contributed by atoms with E-state index in [9.17, 15) is 45.6 Å². The predicted octanol–water partition coefficient (Wildman–Crippen LogP) is 4.73. The summed E-state index contributed by atoms with van der Waals surface area (Å²) in [6, 6.07) is 21.3. The monoisotopic (exact) mass is 922 g/mol. The fraction of sp³-hybridized carbons (Fsp3) is 0.302. The van der Waals surface area contributed by atoms with Crippen LogP contribution in [0.1, 0.15) is 38.5 Å². The van der Waals surface area contributed by atoms with Crippen LogP contribution in [0.5, 0.6) is 0 Å². The lowest BCUT2D eigenvalue weighted by Crippen LogP contribution is -2.12. The lowest BCUT2D eigenvalue weighted by Gasteiger charge is -2.07. The van der Waals surface area contributed by atoms with Crippen LogP contribution in [0.3, 0.4) is 0 Å². The van der Waals surface area contributed by atoms with Gasteiger partial charge in [-0.15, -0.1) is 0 Å². The van der Waals surface area contributed by atoms with E-state index in [0.717, 1.165) is 39.7 Å². The number of nitrogens with one attached hydrogen (secondary N) is 2. The van der Waals surface area contributed by atoms with Gasteiger partial charge in [-0.05, 0) is 70.8 Å². The highest BCUT2D eigenvalue weighted by atomic mass is 32.2. The van der Waals surface area contributed by atoms with E-state index in [0.29, 0.717) is 22.6 Å². The quantitative estimate of drug-likeness (QED) is 0.0632. The summed E-state index contributed by atoms with van der Waals surface area (Å²) in [4.78, 5) is 68.0. The molecule has 0 spiro atoms. The number of fused-ring (bicyclic) bond motifs is 3. The van der Waals surface area contributed by atoms with Crippen molar-refractivity contribution in [2.45, 2.75) is 58.2 Å². The lowest BCUT2D eigenvalue weighted by molar-refractivity contribution is -0.142. The Morgan fingerprint density at radius 2 is 0.875 bits per heavy atom. The van der Waals surface area contributed by atoms with Gasteiger partial charge in [-0.3, -0.25) is 38.2 Å². The maximum atomic E-state index is 11.9. The molecule has 342 valence electrons. The Hall–Kier alpha value is -7.00. The number of nitrogens with two attached hydrogens (primary N) is 1. The van der Waals surface area contributed by atoms with Gasteiger partial charge in [-0.1, -0.05) is 18.2 Å². The number of ketones is 3. The maximum Gasteiger partial charge on any atom is 0.305 e. The van der Waals surface area contributed by atoms with Gasteiger partial charge in [0.15, 0.2) is 17.3 Å². The predicted molar refractivity (Wildman–Crippen MR) is 242 cm³/mol. The molecule has 3 aromatic heterocycles. The van der Waals surface area contributed by atoms with Gasteiger partial charge in [0.05, 0.1) is 93.6 Å². The standard InChI is InChI=1S/C15H18N2O5S.C14H16N2O5S.C14H16N2O3/c1-22-15(19)6-5-13(18)10-17-8-7-11-3-4-12(9-14(11)17)16-23(2,20)21;1-22(20,21)15-11-3-2-10-6-7-16(13(10)8-11)9-12(17)4-5-14(18)19;1-19-14(18)5-4-12(17)9-16-7-6-10-2-3-11(15)8-13(10)16/h3-4,7-9,16H,5-6,10H2,1-2H3;2-3,6-8,15H,4-5,9H2,1H3,(H,18,19);2-3,6-8H,4-5,9,15H2,1H3. The summed E-state index contributed by atoms with van der Waals surface area (Å²) in [6.07, 6.45) is 7.69. The first-order valence-electron chi connectivity index (χ1n) is 19.5. The zero-order valence-electron chi connectivity index (χ0n) is 35.6. The number of aliphatic carboxylic acids is 1. The molecule has 0 aliphatic carbocycles. The number of carbonyl (C=O) groups excluding carboxylic acids is 5. The molecule has 64 heavy (non-hydrogen) atoms. The third-order valence-corrected chi connectivity index (χ3v) is 10.5. The summed E-state index contributed by atoms with van der Waals surface area (Å²) in [5, 5.41) is 11.4. The molecule has 0 aliphatic heterocycles. The van der Waals surface area contributed by atoms with Crippen LogP contribution in [0, 0.1) is 0 Å². The molecule has 19 nitrogen and oxygen atoms in total. The zero-order chi connectivity index (χ0) is 47.2. The number of esters is 2. The average Bonchev–Trinajstić information content (AvgIpc) is 3.94. The number of rotatable bonds is 19. The first-order chi connectivity index (χ1) is 30.1. The van der Waals surface area contributed by atoms with Crippen molar-refractivity contribution in [1.29, 1.82) is 0 Å². The van der Waals surface area contributed by atoms with Gasteiger partial charge in [-0.2, -0.15) is 0 Å². The molecule has 0 bridgehead atoms. The van der Waals surface area contributed by atoms with Crippen molar-refractivity contribution in [3.05, 3.63) is 91.4 Å². The molecule has 6 aromatic rings. The number of anilines is 3. The van der Waals surface area contributed by atoms with Crippen molar-refractivity contribution in [3.8, 4) is 0 Å². The third-order valence-electron chi connectivity index (χ3n) is 9.28. The number of nitrogen functional groups attached to an aromatic ring is 1. The number of carboxylic acids is 1. The van der Waals surface area contributed by atoms with E-state index in [1.807, 2.05) is 47.2 Å². The number of hydrogen-bond acceptors (Lipinski definition) is 13. The number of aromatic nitrogens is 3. The van der Waals surface area contributed by atoms with Crippen LogP contribution in [0.2, 0.25) is 0 Å². The SMILES string of the molecule is COC(=O)CCC(=O)Cn1ccc2ccc(N)cc21.COC(=O)CCC(=O)Cn1ccc2ccc(NS(C)(=O)=O)cc21.CS(=O)(=O)Nc1ccc2ccn(CC(=O)CCC(=O)O)c2c1. The molecule has 0 saturated heterocycles. The van der Waals surface area contributed by atoms with E-state index in [1.165, 1.54) is 14.2 Å². The van der Waals surface area contributed by atoms with Gasteiger partial charge in [-0.25, -0.2) is 16.8 Å². The second-order valence-corrected chi connectivity index (χ2v) is 18.1. The van der Waals surface area contributed by atoms with Crippen LogP contribution in [-0.4, -0.2) is 97.6 Å². The second-order valence-electron chi connectivity index (χ2n) is 14.6. The minimum Gasteiger partial charge on any atom is -0.481 e. The van der Waals surface area contributed by atoms with Crippen molar-refractivity contribution in [2.75, 3.05) is 41.9 Å². The van der Waals surface area contributed by atoms with Crippen LogP contribution in [0.4, 0.5) is 17.1 Å². The summed E-state index contributed by atoms with van der Waals surface area (Å²) in [7, 11) is -4.14. The number of nitrogens with zero attached hydrogens (tertiary/aromatic N) is 3. The molecule has 0 atom stereocenters. The number of benzene rings is 3. The Bertz CT molecular complexity index is 2900. The molecule has 3 heterocycles. The molecular formula is C43H50N6O13S2. The van der Waals surface area contributed by atoms with E-state index in [4.69, 9.17) is 10.8 Å². The van der Waals surface area contributed by atoms with E-state index >= 15 is 0 Å². The number of Topliss-reactive ketones (excluding diaryl/α,β-unsaturated/α-hetero) is 3. The Morgan fingerprint density at radius 3 is 1.22 bits per heavy atom. The van der Waals surface area contributed by atoms with Crippen LogP contribution >= 0.6 is 0 Å². The summed E-state index contributed by atoms with van der Waals surface area (Å²) in [6.45, 7) is 0.409. The van der Waals surface area contributed by atoms with Crippen molar-refractivity contribution < 1.29 is 60.2 Å². The third kappa shape index (κ3) is 16.0. The van der Waals surface area contributed by atoms with Gasteiger partial charge >= 0.3 is 17.9 Å². The Balaban J connectivity index is 0.000000211. The van der Waals surface area contributed by atoms with E-state index in [-0.39, 0.29) is 81.5 Å². The van der Waals surface area contributed by atoms with Gasteiger partial charge in [0.25, 0.3) is 0 Å². The lowest BCUT2D eigenvalue weighted by atomic mass is 10.2. The number of methoxy groups -OCH3 is 2. The molecule has 0 unspecified atom stereocenters. The fourth-order valence-corrected chi connectivity index (χ4v) is 7.39. The molecule has 0 fully saturated rings. The van der Waals surface area contributed by atoms with Crippen molar-refractivity contribution in [3.63, 3.8) is 0 Å². The van der Waals surface area contributed by atoms with Crippen molar-refractivity contribution in [1.82, 2.24) is 13.7 Å². The van der Waals surface area contributed by atoms with Crippen LogP contribution in [0.25, 0.3) is 32.7 Å². The highest BCUT2D eigenvalue weighted by molar-refractivity contribution is 7.92. The van der Waals surface area contributed by atoms with E-state index in [2.05, 4.69) is 18.9 Å². The highest BCUT2D eigenvalue weighted by Crippen LogP contribution is 2.23. The smallest absolute Gasteiger partial charge is 0.305 e. The summed E-state index contributed by atoms with van der Waals surface area (Å²) < 4.78 is 64.2. The van der Waals surface area contributed by atoms with Crippen molar-refractivity contribution >= 4 is 105 Å². The first-order valence-corrected chi connectivity index (χ1v) is 23.3. The number of ether oxygens (including phenoxy) is 2. The highest BCUT2D eigenvalue weighted by Gasteiger charge is 2.13. The molecule has 0 radical (unpaired) electrons. The molecule has 0 saturated carbocycles. The minimum absolute atomic E-state index is 0.00896. The van der Waals surface area contributed by atoms with Crippen LogP contribution in [-0.2, 0) is 77.9 Å². The Labute approximate surface area is 369 Å². The molecule has 0 amide bonds. The van der Waals surface area contributed by atoms with Crippen LogP contribution in [0.15, 0.2) is 91.4 Å². The van der Waals surface area contributed by atoms with E-state index in [1.54, 1.807) is 57.9 Å². The van der Waals surface area contributed by atoms with Gasteiger partial charge in [0.2, 0.25) is 20.0 Å². The molecular weight excluding hydrogens is 873 g/mol. The molecule has 21 heteroatoms. The van der Waals surface area contributed by atoms with Crippen LogP contribution < -0.4 is 15.2 Å². The molecule has 6 rings (SSSR count). The normalized spacial score (nSPS) is 11.2. The topological polar surface area (TPSA) is 274 Å². The second kappa shape index (κ2) is 22.4. The number of sulfonamides is 2. The molecule has 0 aliphatic rings. The molecule has 5 N–H and O–H groups in total. The Kier molecular flexibility index (Phi) is 17.4. The number of hydrogen-bond donors (Lipinski definition) is 4. The Morgan fingerprint density at radius 1 is 0.531 bits per heavy atom. The fourth-order valence-electron chi connectivity index (χ4n) is 6.28. The maximum absolute atomic E-state index is 11.9.